The number of hydrogen-bond donors (Lipinski definition) is 1. The Morgan fingerprint density at radius 1 is 1.14 bits per heavy atom. The standard InChI is InChI=1S/C21H17N3O3S/c1-24-17-10-9-14(23-19(25)13-27-15-6-3-2-4-7-15)12-18(17)28-20-16(21(24)26)8-5-11-22-20/h2-12H,13H2,1H3,(H,23,25). The molecule has 0 radical (unpaired) electrons. The van der Waals surface area contributed by atoms with E-state index in [0.717, 1.165) is 10.6 Å². The molecule has 28 heavy (non-hydrogen) atoms. The van der Waals surface area contributed by atoms with E-state index in [2.05, 4.69) is 10.3 Å². The summed E-state index contributed by atoms with van der Waals surface area (Å²) >= 11 is 1.41. The first-order chi connectivity index (χ1) is 13.6. The van der Waals surface area contributed by atoms with Gasteiger partial charge in [0, 0.05) is 23.8 Å². The van der Waals surface area contributed by atoms with Gasteiger partial charge in [-0.2, -0.15) is 0 Å². The minimum atomic E-state index is -0.259. The van der Waals surface area contributed by atoms with Crippen LogP contribution in [0.3, 0.4) is 0 Å². The summed E-state index contributed by atoms with van der Waals surface area (Å²) in [6.45, 7) is -0.0863. The van der Waals surface area contributed by atoms with Crippen LogP contribution in [0.2, 0.25) is 0 Å². The quantitative estimate of drug-likeness (QED) is 0.732. The van der Waals surface area contributed by atoms with E-state index in [0.29, 0.717) is 22.0 Å². The number of fused-ring (bicyclic) bond motifs is 2. The van der Waals surface area contributed by atoms with Gasteiger partial charge in [0.2, 0.25) is 0 Å². The zero-order valence-corrected chi connectivity index (χ0v) is 15.9. The summed E-state index contributed by atoms with van der Waals surface area (Å²) in [5, 5.41) is 3.48. The molecule has 2 heterocycles. The van der Waals surface area contributed by atoms with Crippen LogP contribution in [0, 0.1) is 0 Å². The molecule has 0 aliphatic carbocycles. The van der Waals surface area contributed by atoms with Crippen LogP contribution in [0.5, 0.6) is 5.75 Å². The van der Waals surface area contributed by atoms with Gasteiger partial charge in [-0.1, -0.05) is 30.0 Å². The van der Waals surface area contributed by atoms with E-state index < -0.39 is 0 Å². The van der Waals surface area contributed by atoms with Crippen LogP contribution in [0.4, 0.5) is 11.4 Å². The Bertz CT molecular complexity index is 1040. The first-order valence-electron chi connectivity index (χ1n) is 8.64. The normalized spacial score (nSPS) is 12.6. The summed E-state index contributed by atoms with van der Waals surface area (Å²) in [4.78, 5) is 31.6. The highest BCUT2D eigenvalue weighted by Gasteiger charge is 2.25. The van der Waals surface area contributed by atoms with E-state index in [9.17, 15) is 9.59 Å². The Balaban J connectivity index is 1.52. The fraction of sp³-hybridized carbons (Fsp3) is 0.0952. The van der Waals surface area contributed by atoms with Gasteiger partial charge < -0.3 is 15.0 Å². The lowest BCUT2D eigenvalue weighted by molar-refractivity contribution is -0.118. The van der Waals surface area contributed by atoms with E-state index in [1.807, 2.05) is 30.3 Å². The molecule has 140 valence electrons. The van der Waals surface area contributed by atoms with Crippen LogP contribution >= 0.6 is 11.8 Å². The number of ether oxygens (including phenoxy) is 1. The molecule has 0 saturated heterocycles. The van der Waals surface area contributed by atoms with Gasteiger partial charge in [0.05, 0.1) is 11.3 Å². The number of hydrogen-bond acceptors (Lipinski definition) is 5. The predicted octanol–water partition coefficient (Wildman–Crippen LogP) is 3.84. The smallest absolute Gasteiger partial charge is 0.262 e. The second-order valence-corrected chi connectivity index (χ2v) is 7.19. The van der Waals surface area contributed by atoms with Crippen LogP contribution in [0.1, 0.15) is 10.4 Å². The van der Waals surface area contributed by atoms with Crippen molar-refractivity contribution in [2.45, 2.75) is 9.92 Å². The monoisotopic (exact) mass is 391 g/mol. The molecule has 6 nitrogen and oxygen atoms in total. The van der Waals surface area contributed by atoms with E-state index >= 15 is 0 Å². The van der Waals surface area contributed by atoms with Gasteiger partial charge in [0.15, 0.2) is 6.61 Å². The fourth-order valence-corrected chi connectivity index (χ4v) is 3.93. The van der Waals surface area contributed by atoms with Crippen LogP contribution in [-0.4, -0.2) is 30.5 Å². The Kier molecular flexibility index (Phi) is 4.99. The average molecular weight is 391 g/mol. The van der Waals surface area contributed by atoms with Crippen LogP contribution in [0.25, 0.3) is 0 Å². The molecule has 0 fully saturated rings. The van der Waals surface area contributed by atoms with Crippen LogP contribution in [0.15, 0.2) is 76.8 Å². The number of pyridine rings is 1. The first-order valence-corrected chi connectivity index (χ1v) is 9.46. The molecule has 0 saturated carbocycles. The summed E-state index contributed by atoms with van der Waals surface area (Å²) in [7, 11) is 1.73. The largest absolute Gasteiger partial charge is 0.484 e. The third kappa shape index (κ3) is 3.70. The molecule has 1 aromatic heterocycles. The highest BCUT2D eigenvalue weighted by Crippen LogP contribution is 2.40. The summed E-state index contributed by atoms with van der Waals surface area (Å²) in [5.74, 6) is 0.269. The number of nitrogens with one attached hydrogen (secondary N) is 1. The third-order valence-electron chi connectivity index (χ3n) is 4.23. The highest BCUT2D eigenvalue weighted by atomic mass is 32.2. The van der Waals surface area contributed by atoms with Crippen molar-refractivity contribution in [2.75, 3.05) is 23.9 Å². The zero-order chi connectivity index (χ0) is 19.5. The second-order valence-electron chi connectivity index (χ2n) is 6.15. The predicted molar refractivity (Wildman–Crippen MR) is 108 cm³/mol. The fourth-order valence-electron chi connectivity index (χ4n) is 2.84. The van der Waals surface area contributed by atoms with Crippen molar-refractivity contribution in [3.8, 4) is 5.75 Å². The summed E-state index contributed by atoms with van der Waals surface area (Å²) in [6.07, 6.45) is 1.66. The number of nitrogens with zero attached hydrogens (tertiary/aromatic N) is 2. The molecule has 0 unspecified atom stereocenters. The van der Waals surface area contributed by atoms with Crippen molar-refractivity contribution in [2.24, 2.45) is 0 Å². The molecule has 0 bridgehead atoms. The lowest BCUT2D eigenvalue weighted by Gasteiger charge is -2.18. The molecule has 7 heteroatoms. The molecule has 3 aromatic rings. The highest BCUT2D eigenvalue weighted by molar-refractivity contribution is 7.99. The van der Waals surface area contributed by atoms with Crippen molar-refractivity contribution in [1.29, 1.82) is 0 Å². The number of anilines is 2. The number of benzene rings is 2. The topological polar surface area (TPSA) is 71.5 Å². The van der Waals surface area contributed by atoms with Gasteiger partial charge >= 0.3 is 0 Å². The van der Waals surface area contributed by atoms with Gasteiger partial charge in [-0.25, -0.2) is 4.98 Å². The molecule has 0 atom stereocenters. The van der Waals surface area contributed by atoms with Gasteiger partial charge in [-0.3, -0.25) is 9.59 Å². The minimum Gasteiger partial charge on any atom is -0.484 e. The maximum Gasteiger partial charge on any atom is 0.262 e. The molecule has 1 aliphatic heterocycles. The third-order valence-corrected chi connectivity index (χ3v) is 5.30. The van der Waals surface area contributed by atoms with Gasteiger partial charge in [0.25, 0.3) is 11.8 Å². The molecular weight excluding hydrogens is 374 g/mol. The van der Waals surface area contributed by atoms with Crippen LogP contribution < -0.4 is 15.0 Å². The second kappa shape index (κ2) is 7.74. The maximum atomic E-state index is 12.7. The lowest BCUT2D eigenvalue weighted by Crippen LogP contribution is -2.26. The molecule has 2 amide bonds. The van der Waals surface area contributed by atoms with Crippen molar-refractivity contribution < 1.29 is 14.3 Å². The maximum absolute atomic E-state index is 12.7. The molecule has 4 rings (SSSR count). The van der Waals surface area contributed by atoms with Crippen molar-refractivity contribution >= 4 is 35.0 Å². The number of amides is 2. The summed E-state index contributed by atoms with van der Waals surface area (Å²) < 4.78 is 5.47. The SMILES string of the molecule is CN1C(=O)c2cccnc2Sc2cc(NC(=O)COc3ccccc3)ccc21. The zero-order valence-electron chi connectivity index (χ0n) is 15.1. The Labute approximate surface area is 166 Å². The minimum absolute atomic E-state index is 0.0863. The lowest BCUT2D eigenvalue weighted by atomic mass is 10.2. The number of para-hydroxylation sites is 1. The summed E-state index contributed by atoms with van der Waals surface area (Å²) in [6, 6.07) is 18.1. The van der Waals surface area contributed by atoms with Crippen molar-refractivity contribution in [3.63, 3.8) is 0 Å². The van der Waals surface area contributed by atoms with Crippen molar-refractivity contribution in [3.05, 3.63) is 72.4 Å². The van der Waals surface area contributed by atoms with Crippen molar-refractivity contribution in [1.82, 2.24) is 4.98 Å². The van der Waals surface area contributed by atoms with Gasteiger partial charge in [-0.05, 0) is 42.5 Å². The molecular formula is C21H17N3O3S. The number of carbonyl (C=O) groups excluding carboxylic acids is 2. The van der Waals surface area contributed by atoms with Crippen LogP contribution in [-0.2, 0) is 4.79 Å². The molecule has 1 N–H and O–H groups in total. The molecule has 2 aromatic carbocycles. The van der Waals surface area contributed by atoms with E-state index in [1.54, 1.807) is 48.5 Å². The molecule has 1 aliphatic rings. The van der Waals surface area contributed by atoms with E-state index in [4.69, 9.17) is 4.74 Å². The molecule has 0 spiro atoms. The van der Waals surface area contributed by atoms with Gasteiger partial charge in [-0.15, -0.1) is 0 Å². The Morgan fingerprint density at radius 2 is 1.96 bits per heavy atom. The number of rotatable bonds is 4. The van der Waals surface area contributed by atoms with E-state index in [1.165, 1.54) is 11.8 Å². The van der Waals surface area contributed by atoms with Gasteiger partial charge in [0.1, 0.15) is 10.8 Å². The first kappa shape index (κ1) is 18.1. The number of carbonyl (C=O) groups is 2. The average Bonchev–Trinajstić information content (AvgIpc) is 2.82. The Hall–Kier alpha value is -3.32. The number of aromatic nitrogens is 1. The Morgan fingerprint density at radius 3 is 2.79 bits per heavy atom. The van der Waals surface area contributed by atoms with E-state index in [-0.39, 0.29) is 18.4 Å². The summed E-state index contributed by atoms with van der Waals surface area (Å²) in [5.41, 5.74) is 1.97.